The fourth-order valence-corrected chi connectivity index (χ4v) is 2.48. The van der Waals surface area contributed by atoms with Gasteiger partial charge in [0.05, 0.1) is 0 Å². The first-order chi connectivity index (χ1) is 8.19. The van der Waals surface area contributed by atoms with E-state index < -0.39 is 0 Å². The van der Waals surface area contributed by atoms with Crippen molar-refractivity contribution in [3.8, 4) is 0 Å². The molecule has 1 atom stereocenters. The summed E-state index contributed by atoms with van der Waals surface area (Å²) in [5.41, 5.74) is 2.75. The Hall–Kier alpha value is -0.600. The summed E-state index contributed by atoms with van der Waals surface area (Å²) in [6.07, 6.45) is 5.33. The second kappa shape index (κ2) is 7.67. The van der Waals surface area contributed by atoms with E-state index in [2.05, 4.69) is 59.9 Å². The van der Waals surface area contributed by atoms with Gasteiger partial charge in [-0.15, -0.1) is 6.58 Å². The van der Waals surface area contributed by atoms with Crippen LogP contribution in [0.2, 0.25) is 0 Å². The van der Waals surface area contributed by atoms with E-state index in [1.54, 1.807) is 0 Å². The van der Waals surface area contributed by atoms with Gasteiger partial charge in [-0.1, -0.05) is 35.0 Å². The quantitative estimate of drug-likeness (QED) is 0.715. The standard InChI is InChI=1S/C15H22BrN/c1-4-6-7-15(17-10-5-2)14-9-8-13(16)11-12(14)3/h4,8-9,11,15,17H,1,5-7,10H2,2-3H3. The molecule has 1 unspecified atom stereocenters. The van der Waals surface area contributed by atoms with Crippen molar-refractivity contribution in [2.75, 3.05) is 6.54 Å². The summed E-state index contributed by atoms with van der Waals surface area (Å²) in [7, 11) is 0. The van der Waals surface area contributed by atoms with Gasteiger partial charge in [0.15, 0.2) is 0 Å². The highest BCUT2D eigenvalue weighted by molar-refractivity contribution is 9.10. The van der Waals surface area contributed by atoms with Gasteiger partial charge < -0.3 is 5.32 Å². The predicted octanol–water partition coefficient (Wildman–Crippen LogP) is 4.76. The number of rotatable bonds is 7. The van der Waals surface area contributed by atoms with E-state index in [1.807, 2.05) is 6.08 Å². The molecule has 0 bridgehead atoms. The summed E-state index contributed by atoms with van der Waals surface area (Å²) < 4.78 is 1.15. The predicted molar refractivity (Wildman–Crippen MR) is 79.3 cm³/mol. The minimum absolute atomic E-state index is 0.445. The lowest BCUT2D eigenvalue weighted by atomic mass is 9.97. The van der Waals surface area contributed by atoms with Gasteiger partial charge in [0.1, 0.15) is 0 Å². The Morgan fingerprint density at radius 3 is 2.82 bits per heavy atom. The maximum atomic E-state index is 3.81. The van der Waals surface area contributed by atoms with Crippen molar-refractivity contribution < 1.29 is 0 Å². The number of aryl methyl sites for hydroxylation is 1. The van der Waals surface area contributed by atoms with Gasteiger partial charge in [0.2, 0.25) is 0 Å². The highest BCUT2D eigenvalue weighted by Gasteiger charge is 2.12. The van der Waals surface area contributed by atoms with Gasteiger partial charge in [-0.05, 0) is 56.0 Å². The molecule has 0 aliphatic heterocycles. The molecule has 1 rings (SSSR count). The monoisotopic (exact) mass is 295 g/mol. The lowest BCUT2D eigenvalue weighted by Gasteiger charge is -2.20. The average Bonchev–Trinajstić information content (AvgIpc) is 2.30. The maximum absolute atomic E-state index is 3.81. The largest absolute Gasteiger partial charge is 0.310 e. The zero-order valence-electron chi connectivity index (χ0n) is 10.8. The van der Waals surface area contributed by atoms with E-state index in [0.29, 0.717) is 6.04 Å². The smallest absolute Gasteiger partial charge is 0.0325 e. The summed E-state index contributed by atoms with van der Waals surface area (Å²) in [6.45, 7) is 9.25. The molecular weight excluding hydrogens is 274 g/mol. The topological polar surface area (TPSA) is 12.0 Å². The Bertz CT molecular complexity index is 360. The van der Waals surface area contributed by atoms with Crippen molar-refractivity contribution in [1.82, 2.24) is 5.32 Å². The molecule has 94 valence electrons. The first-order valence-corrected chi connectivity index (χ1v) is 7.08. The summed E-state index contributed by atoms with van der Waals surface area (Å²) in [4.78, 5) is 0. The van der Waals surface area contributed by atoms with Crippen LogP contribution in [0.15, 0.2) is 35.3 Å². The van der Waals surface area contributed by atoms with Crippen molar-refractivity contribution in [2.24, 2.45) is 0 Å². The molecule has 1 nitrogen and oxygen atoms in total. The van der Waals surface area contributed by atoms with Crippen LogP contribution in [-0.4, -0.2) is 6.54 Å². The van der Waals surface area contributed by atoms with E-state index in [0.717, 1.165) is 23.9 Å². The lowest BCUT2D eigenvalue weighted by Crippen LogP contribution is -2.22. The van der Waals surface area contributed by atoms with Gasteiger partial charge in [0.25, 0.3) is 0 Å². The van der Waals surface area contributed by atoms with E-state index >= 15 is 0 Å². The lowest BCUT2D eigenvalue weighted by molar-refractivity contribution is 0.501. The molecule has 1 aromatic rings. The molecule has 1 aromatic carbocycles. The first kappa shape index (κ1) is 14.5. The molecule has 0 aromatic heterocycles. The SMILES string of the molecule is C=CCCC(NCCC)c1ccc(Br)cc1C. The van der Waals surface area contributed by atoms with Gasteiger partial charge in [0, 0.05) is 10.5 Å². The fourth-order valence-electron chi connectivity index (χ4n) is 2.00. The number of hydrogen-bond donors (Lipinski definition) is 1. The van der Waals surface area contributed by atoms with E-state index in [4.69, 9.17) is 0 Å². The number of hydrogen-bond acceptors (Lipinski definition) is 1. The van der Waals surface area contributed by atoms with Crippen LogP contribution in [0.1, 0.15) is 43.4 Å². The molecule has 0 aliphatic carbocycles. The zero-order valence-corrected chi connectivity index (χ0v) is 12.4. The highest BCUT2D eigenvalue weighted by Crippen LogP contribution is 2.25. The number of benzene rings is 1. The minimum atomic E-state index is 0.445. The maximum Gasteiger partial charge on any atom is 0.0325 e. The third kappa shape index (κ3) is 4.64. The van der Waals surface area contributed by atoms with Gasteiger partial charge in [-0.3, -0.25) is 0 Å². The van der Waals surface area contributed by atoms with Crippen molar-refractivity contribution >= 4 is 15.9 Å². The summed E-state index contributed by atoms with van der Waals surface area (Å²) in [5, 5.41) is 3.62. The van der Waals surface area contributed by atoms with Crippen molar-refractivity contribution in [2.45, 2.75) is 39.2 Å². The van der Waals surface area contributed by atoms with Gasteiger partial charge in [-0.25, -0.2) is 0 Å². The van der Waals surface area contributed by atoms with Gasteiger partial charge >= 0.3 is 0 Å². The summed E-state index contributed by atoms with van der Waals surface area (Å²) in [6, 6.07) is 6.97. The Morgan fingerprint density at radius 2 is 2.24 bits per heavy atom. The van der Waals surface area contributed by atoms with Crippen molar-refractivity contribution in [3.05, 3.63) is 46.5 Å². The van der Waals surface area contributed by atoms with E-state index in [-0.39, 0.29) is 0 Å². The molecule has 2 heteroatoms. The first-order valence-electron chi connectivity index (χ1n) is 6.29. The second-order valence-corrected chi connectivity index (χ2v) is 5.29. The van der Waals surface area contributed by atoms with Crippen LogP contribution in [0.4, 0.5) is 0 Å². The molecule has 0 fully saturated rings. The number of allylic oxidation sites excluding steroid dienone is 1. The molecule has 0 heterocycles. The molecule has 0 saturated carbocycles. The van der Waals surface area contributed by atoms with Crippen LogP contribution in [0.3, 0.4) is 0 Å². The zero-order chi connectivity index (χ0) is 12.7. The number of halogens is 1. The van der Waals surface area contributed by atoms with Crippen molar-refractivity contribution in [3.63, 3.8) is 0 Å². The van der Waals surface area contributed by atoms with Crippen LogP contribution in [0, 0.1) is 6.92 Å². The van der Waals surface area contributed by atoms with Crippen LogP contribution >= 0.6 is 15.9 Å². The second-order valence-electron chi connectivity index (χ2n) is 4.37. The Balaban J connectivity index is 2.82. The molecule has 0 saturated heterocycles. The molecule has 0 spiro atoms. The Labute approximate surface area is 113 Å². The van der Waals surface area contributed by atoms with Crippen LogP contribution in [0.5, 0.6) is 0 Å². The molecular formula is C15H22BrN. The molecule has 0 amide bonds. The van der Waals surface area contributed by atoms with Crippen LogP contribution in [0.25, 0.3) is 0 Å². The molecule has 1 N–H and O–H groups in total. The molecule has 0 aliphatic rings. The molecule has 17 heavy (non-hydrogen) atoms. The normalized spacial score (nSPS) is 12.4. The third-order valence-corrected chi connectivity index (χ3v) is 3.40. The van der Waals surface area contributed by atoms with Crippen molar-refractivity contribution in [1.29, 1.82) is 0 Å². The Kier molecular flexibility index (Phi) is 6.53. The highest BCUT2D eigenvalue weighted by atomic mass is 79.9. The fraction of sp³-hybridized carbons (Fsp3) is 0.467. The van der Waals surface area contributed by atoms with Crippen LogP contribution < -0.4 is 5.32 Å². The van der Waals surface area contributed by atoms with Gasteiger partial charge in [-0.2, -0.15) is 0 Å². The van der Waals surface area contributed by atoms with E-state index in [9.17, 15) is 0 Å². The molecule has 0 radical (unpaired) electrons. The van der Waals surface area contributed by atoms with Crippen LogP contribution in [-0.2, 0) is 0 Å². The average molecular weight is 296 g/mol. The minimum Gasteiger partial charge on any atom is -0.310 e. The Morgan fingerprint density at radius 1 is 1.47 bits per heavy atom. The number of nitrogens with one attached hydrogen (secondary N) is 1. The summed E-state index contributed by atoms with van der Waals surface area (Å²) >= 11 is 3.51. The van der Waals surface area contributed by atoms with E-state index in [1.165, 1.54) is 17.5 Å². The third-order valence-electron chi connectivity index (χ3n) is 2.91. The summed E-state index contributed by atoms with van der Waals surface area (Å²) in [5.74, 6) is 0.